The summed E-state index contributed by atoms with van der Waals surface area (Å²) in [6, 6.07) is 5.87. The van der Waals surface area contributed by atoms with Gasteiger partial charge in [-0.05, 0) is 50.1 Å². The molecule has 244 valence electrons. The number of hydrogen-bond donors (Lipinski definition) is 3. The maximum absolute atomic E-state index is 15.3. The van der Waals surface area contributed by atoms with E-state index in [0.717, 1.165) is 31.0 Å². The number of hydrogen-bond acceptors (Lipinski definition) is 7. The predicted octanol–water partition coefficient (Wildman–Crippen LogP) is 5.49. The smallest absolute Gasteiger partial charge is 0.424 e. The highest BCUT2D eigenvalue weighted by Gasteiger charge is 2.57. The molecule has 4 N–H and O–H groups in total. The number of nitrogens with one attached hydrogen (secondary N) is 1. The van der Waals surface area contributed by atoms with E-state index in [-0.39, 0.29) is 40.3 Å². The van der Waals surface area contributed by atoms with Crippen molar-refractivity contribution in [2.75, 3.05) is 20.3 Å². The van der Waals surface area contributed by atoms with E-state index in [9.17, 15) is 27.9 Å². The largest absolute Gasteiger partial charge is 0.494 e. The van der Waals surface area contributed by atoms with Crippen LogP contribution in [-0.2, 0) is 16.8 Å². The second-order valence-corrected chi connectivity index (χ2v) is 11.5. The van der Waals surface area contributed by atoms with E-state index in [1.54, 1.807) is 10.9 Å². The van der Waals surface area contributed by atoms with Gasteiger partial charge in [0, 0.05) is 33.3 Å². The summed E-state index contributed by atoms with van der Waals surface area (Å²) in [7, 11) is 1.36. The van der Waals surface area contributed by atoms with Crippen LogP contribution in [0, 0.1) is 5.82 Å². The van der Waals surface area contributed by atoms with Gasteiger partial charge in [0.1, 0.15) is 22.7 Å². The lowest BCUT2D eigenvalue weighted by atomic mass is 9.93. The van der Waals surface area contributed by atoms with Gasteiger partial charge in [-0.15, -0.1) is 0 Å². The molecule has 5 rings (SSSR count). The molecule has 46 heavy (non-hydrogen) atoms. The third-order valence-electron chi connectivity index (χ3n) is 7.34. The maximum Gasteiger partial charge on any atom is 0.424 e. The lowest BCUT2D eigenvalue weighted by molar-refractivity contribution is -0.265. The Morgan fingerprint density at radius 1 is 1.17 bits per heavy atom. The number of pyridine rings is 1. The van der Waals surface area contributed by atoms with Gasteiger partial charge in [-0.1, -0.05) is 23.2 Å². The van der Waals surface area contributed by atoms with Crippen molar-refractivity contribution >= 4 is 45.9 Å². The van der Waals surface area contributed by atoms with Crippen LogP contribution in [-0.4, -0.2) is 58.1 Å². The Bertz CT molecular complexity index is 1850. The standard InChI is InChI=1S/C30H27Cl2F4N5O5/c1-3-46-27-14(9-23(37)42)8-22(39-26(27)19-10-17(31)11-20(32)24(19)33)29(44,30(34,35)36)13-38-28(43)15-6-16-12-41(18-4-5-18)40-25(16)21(7-15)45-2/h6-8,10-12,18,44H,3-5,9,13H2,1-2H3,(H2,37,42)(H,38,43)/t29-/m0/s1. The van der Waals surface area contributed by atoms with Crippen LogP contribution in [0.2, 0.25) is 10.0 Å². The Kier molecular flexibility index (Phi) is 9.08. The molecule has 1 aliphatic carbocycles. The van der Waals surface area contributed by atoms with E-state index in [4.69, 9.17) is 38.4 Å². The van der Waals surface area contributed by atoms with Crippen LogP contribution in [0.3, 0.4) is 0 Å². The number of ether oxygens (including phenoxy) is 2. The highest BCUT2D eigenvalue weighted by atomic mass is 35.5. The molecule has 0 radical (unpaired) electrons. The fourth-order valence-corrected chi connectivity index (χ4v) is 5.41. The molecule has 1 atom stereocenters. The van der Waals surface area contributed by atoms with Crippen molar-refractivity contribution in [1.29, 1.82) is 0 Å². The van der Waals surface area contributed by atoms with Crippen molar-refractivity contribution in [2.45, 2.75) is 44.0 Å². The summed E-state index contributed by atoms with van der Waals surface area (Å²) in [6.07, 6.45) is -2.51. The van der Waals surface area contributed by atoms with Gasteiger partial charge in [0.15, 0.2) is 5.82 Å². The molecule has 1 saturated carbocycles. The number of carbonyl (C=O) groups is 2. The topological polar surface area (TPSA) is 142 Å². The number of carbonyl (C=O) groups excluding carboxylic acids is 2. The number of rotatable bonds is 11. The van der Waals surface area contributed by atoms with E-state index in [1.807, 2.05) is 0 Å². The average Bonchev–Trinajstić information content (AvgIpc) is 3.75. The fraction of sp³-hybridized carbons (Fsp3) is 0.333. The summed E-state index contributed by atoms with van der Waals surface area (Å²) in [5.74, 6) is -3.09. The van der Waals surface area contributed by atoms with Gasteiger partial charge >= 0.3 is 6.18 Å². The molecule has 2 aromatic carbocycles. The highest BCUT2D eigenvalue weighted by molar-refractivity contribution is 6.35. The second-order valence-electron chi connectivity index (χ2n) is 10.7. The Balaban J connectivity index is 1.59. The van der Waals surface area contributed by atoms with Gasteiger partial charge in [0.25, 0.3) is 5.91 Å². The Labute approximate surface area is 269 Å². The fourth-order valence-electron chi connectivity index (χ4n) is 4.91. The first kappa shape index (κ1) is 33.2. The molecular weight excluding hydrogens is 657 g/mol. The summed E-state index contributed by atoms with van der Waals surface area (Å²) in [4.78, 5) is 29.1. The van der Waals surface area contributed by atoms with Crippen LogP contribution in [0.15, 0.2) is 36.5 Å². The van der Waals surface area contributed by atoms with E-state index in [0.29, 0.717) is 10.9 Å². The van der Waals surface area contributed by atoms with Gasteiger partial charge < -0.3 is 25.6 Å². The number of aromatic nitrogens is 3. The number of aliphatic hydroxyl groups is 1. The Hall–Kier alpha value is -4.14. The molecule has 0 aliphatic heterocycles. The van der Waals surface area contributed by atoms with Crippen LogP contribution >= 0.6 is 23.2 Å². The van der Waals surface area contributed by atoms with E-state index < -0.39 is 64.3 Å². The number of fused-ring (bicyclic) bond motifs is 1. The number of halogens is 6. The van der Waals surface area contributed by atoms with Gasteiger partial charge in [-0.2, -0.15) is 18.3 Å². The van der Waals surface area contributed by atoms with E-state index in [2.05, 4.69) is 15.4 Å². The Morgan fingerprint density at radius 3 is 2.50 bits per heavy atom. The molecule has 0 saturated heterocycles. The monoisotopic (exact) mass is 683 g/mol. The van der Waals surface area contributed by atoms with E-state index in [1.165, 1.54) is 26.2 Å². The van der Waals surface area contributed by atoms with Gasteiger partial charge in [0.2, 0.25) is 11.5 Å². The summed E-state index contributed by atoms with van der Waals surface area (Å²) >= 11 is 12.0. The lowest BCUT2D eigenvalue weighted by Gasteiger charge is -2.31. The summed E-state index contributed by atoms with van der Waals surface area (Å²) in [5, 5.41) is 17.8. The van der Waals surface area contributed by atoms with Crippen molar-refractivity contribution in [3.05, 3.63) is 69.2 Å². The average molecular weight is 684 g/mol. The first-order valence-corrected chi connectivity index (χ1v) is 14.7. The first-order valence-electron chi connectivity index (χ1n) is 13.9. The van der Waals surface area contributed by atoms with Crippen LogP contribution in [0.5, 0.6) is 11.5 Å². The third kappa shape index (κ3) is 6.42. The minimum absolute atomic E-state index is 0.0605. The molecule has 2 amide bonds. The van der Waals surface area contributed by atoms with Gasteiger partial charge in [-0.3, -0.25) is 14.3 Å². The predicted molar refractivity (Wildman–Crippen MR) is 161 cm³/mol. The summed E-state index contributed by atoms with van der Waals surface area (Å²) in [6.45, 7) is 0.0484. The SMILES string of the molecule is CCOc1c(CC(N)=O)cc([C@@](O)(CNC(=O)c2cc(OC)c3nn(C4CC4)cc3c2)C(F)(F)F)nc1-c1cc(Cl)cc(Cl)c1F. The number of primary amides is 1. The van der Waals surface area contributed by atoms with Gasteiger partial charge in [-0.25, -0.2) is 9.37 Å². The van der Waals surface area contributed by atoms with Crippen LogP contribution in [0.4, 0.5) is 17.6 Å². The maximum atomic E-state index is 15.3. The number of nitrogens with zero attached hydrogens (tertiary/aromatic N) is 3. The zero-order valence-corrected chi connectivity index (χ0v) is 25.9. The third-order valence-corrected chi connectivity index (χ3v) is 7.84. The highest BCUT2D eigenvalue weighted by Crippen LogP contribution is 2.44. The quantitative estimate of drug-likeness (QED) is 0.140. The molecular formula is C30H27Cl2F4N5O5. The van der Waals surface area contributed by atoms with Crippen molar-refractivity contribution < 1.29 is 41.7 Å². The summed E-state index contributed by atoms with van der Waals surface area (Å²) in [5.41, 5.74) is -0.389. The van der Waals surface area contributed by atoms with Crippen molar-refractivity contribution in [3.63, 3.8) is 0 Å². The van der Waals surface area contributed by atoms with Crippen LogP contribution in [0.25, 0.3) is 22.2 Å². The molecule has 1 fully saturated rings. The Morgan fingerprint density at radius 2 is 1.89 bits per heavy atom. The van der Waals surface area contributed by atoms with E-state index >= 15 is 4.39 Å². The van der Waals surface area contributed by atoms with Crippen LogP contribution < -0.4 is 20.5 Å². The van der Waals surface area contributed by atoms with Crippen molar-refractivity contribution in [1.82, 2.24) is 20.1 Å². The molecule has 2 aromatic heterocycles. The van der Waals surface area contributed by atoms with Gasteiger partial charge in [0.05, 0.1) is 43.4 Å². The zero-order valence-electron chi connectivity index (χ0n) is 24.3. The molecule has 4 aromatic rings. The molecule has 0 spiro atoms. The normalized spacial score (nSPS) is 14.6. The number of methoxy groups -OCH3 is 1. The molecule has 16 heteroatoms. The molecule has 0 unspecified atom stereocenters. The number of alkyl halides is 3. The molecule has 10 nitrogen and oxygen atoms in total. The minimum Gasteiger partial charge on any atom is -0.494 e. The lowest BCUT2D eigenvalue weighted by Crippen LogP contribution is -2.51. The molecule has 2 heterocycles. The first-order chi connectivity index (χ1) is 21.7. The number of benzene rings is 2. The van der Waals surface area contributed by atoms with Crippen molar-refractivity contribution in [3.8, 4) is 22.8 Å². The number of nitrogens with two attached hydrogens (primary N) is 1. The summed E-state index contributed by atoms with van der Waals surface area (Å²) < 4.78 is 72.1. The molecule has 0 bridgehead atoms. The zero-order chi connectivity index (χ0) is 33.6. The number of amides is 2. The van der Waals surface area contributed by atoms with Crippen molar-refractivity contribution in [2.24, 2.45) is 5.73 Å². The molecule has 1 aliphatic rings. The second kappa shape index (κ2) is 12.6. The van der Waals surface area contributed by atoms with Crippen LogP contribution in [0.1, 0.15) is 47.4 Å². The minimum atomic E-state index is -5.45.